The molecule has 0 radical (unpaired) electrons. The number of aromatic nitrogens is 2. The molecule has 2 atom stereocenters. The van der Waals surface area contributed by atoms with Crippen LogP contribution in [0.5, 0.6) is 0 Å². The normalized spacial score (nSPS) is 15.1. The predicted octanol–water partition coefficient (Wildman–Crippen LogP) is 0.319. The topological polar surface area (TPSA) is 46.9 Å². The summed E-state index contributed by atoms with van der Waals surface area (Å²) < 4.78 is 13.0. The van der Waals surface area contributed by atoms with E-state index in [4.69, 9.17) is 0 Å². The Labute approximate surface area is 93.5 Å². The quantitative estimate of drug-likeness (QED) is 0.715. The van der Waals surface area contributed by atoms with E-state index in [1.54, 1.807) is 12.5 Å². The summed E-state index contributed by atoms with van der Waals surface area (Å²) in [6, 6.07) is 2.02. The van der Waals surface area contributed by atoms with Crippen molar-refractivity contribution >= 4 is 10.8 Å². The van der Waals surface area contributed by atoms with Crippen LogP contribution < -0.4 is 5.32 Å². The van der Waals surface area contributed by atoms with Gasteiger partial charge in [0.2, 0.25) is 0 Å². The van der Waals surface area contributed by atoms with E-state index in [0.717, 1.165) is 19.5 Å². The molecule has 0 bridgehead atoms. The molecule has 0 aliphatic rings. The average Bonchev–Trinajstić information content (AvgIpc) is 2.58. The highest BCUT2D eigenvalue weighted by molar-refractivity contribution is 7.84. The summed E-state index contributed by atoms with van der Waals surface area (Å²) in [4.78, 5) is 0. The molecule has 0 saturated carbocycles. The lowest BCUT2D eigenvalue weighted by Gasteiger charge is -2.09. The van der Waals surface area contributed by atoms with Gasteiger partial charge in [0, 0.05) is 60.8 Å². The van der Waals surface area contributed by atoms with Crippen LogP contribution in [0.25, 0.3) is 0 Å². The first-order valence-electron chi connectivity index (χ1n) is 5.11. The fraction of sp³-hybridized carbons (Fsp3) is 0.700. The van der Waals surface area contributed by atoms with Gasteiger partial charge in [0.25, 0.3) is 0 Å². The lowest BCUT2D eigenvalue weighted by molar-refractivity contribution is 0.627. The fourth-order valence-corrected chi connectivity index (χ4v) is 1.64. The first-order chi connectivity index (χ1) is 7.11. The summed E-state index contributed by atoms with van der Waals surface area (Å²) in [6.45, 7) is 3.70. The van der Waals surface area contributed by atoms with Gasteiger partial charge in [0.15, 0.2) is 0 Å². The standard InChI is InChI=1S/C10H19N3OS/c1-9(15(3)14)8-11-6-4-10-5-7-12-13(10)2/h5,7,9,11H,4,6,8H2,1-3H3. The van der Waals surface area contributed by atoms with Crippen molar-refractivity contribution in [2.24, 2.45) is 7.05 Å². The zero-order valence-electron chi connectivity index (χ0n) is 9.56. The molecule has 1 N–H and O–H groups in total. The molecular weight excluding hydrogens is 210 g/mol. The second-order valence-electron chi connectivity index (χ2n) is 3.71. The van der Waals surface area contributed by atoms with E-state index in [-0.39, 0.29) is 5.25 Å². The molecule has 86 valence electrons. The molecule has 1 rings (SSSR count). The number of rotatable bonds is 6. The van der Waals surface area contributed by atoms with Crippen molar-refractivity contribution in [2.45, 2.75) is 18.6 Å². The Morgan fingerprint density at radius 3 is 2.93 bits per heavy atom. The molecule has 0 amide bonds. The molecule has 0 fully saturated rings. The maximum atomic E-state index is 11.1. The van der Waals surface area contributed by atoms with E-state index in [2.05, 4.69) is 10.4 Å². The van der Waals surface area contributed by atoms with Crippen LogP contribution in [-0.2, 0) is 24.3 Å². The Kier molecular flexibility index (Phi) is 4.98. The molecule has 5 heteroatoms. The predicted molar refractivity (Wildman–Crippen MR) is 63.3 cm³/mol. The van der Waals surface area contributed by atoms with Gasteiger partial charge in [-0.2, -0.15) is 5.10 Å². The van der Waals surface area contributed by atoms with Crippen molar-refractivity contribution in [3.05, 3.63) is 18.0 Å². The maximum absolute atomic E-state index is 11.1. The number of hydrogen-bond donors (Lipinski definition) is 1. The van der Waals surface area contributed by atoms with Gasteiger partial charge in [0.05, 0.1) is 0 Å². The van der Waals surface area contributed by atoms with Crippen LogP contribution in [0.15, 0.2) is 12.3 Å². The van der Waals surface area contributed by atoms with Crippen molar-refractivity contribution in [1.82, 2.24) is 15.1 Å². The maximum Gasteiger partial charge on any atom is 0.0492 e. The van der Waals surface area contributed by atoms with E-state index in [9.17, 15) is 4.21 Å². The van der Waals surface area contributed by atoms with Gasteiger partial charge in [-0.15, -0.1) is 0 Å². The summed E-state index contributed by atoms with van der Waals surface area (Å²) in [7, 11) is 1.21. The highest BCUT2D eigenvalue weighted by Crippen LogP contribution is 1.96. The number of hydrogen-bond acceptors (Lipinski definition) is 3. The van der Waals surface area contributed by atoms with Crippen LogP contribution in [0.2, 0.25) is 0 Å². The second kappa shape index (κ2) is 6.02. The Hall–Kier alpha value is -0.680. The van der Waals surface area contributed by atoms with E-state index in [0.29, 0.717) is 0 Å². The molecular formula is C10H19N3OS. The average molecular weight is 229 g/mol. The van der Waals surface area contributed by atoms with Crippen molar-refractivity contribution in [3.63, 3.8) is 0 Å². The van der Waals surface area contributed by atoms with Crippen LogP contribution in [0, 0.1) is 0 Å². The van der Waals surface area contributed by atoms with E-state index < -0.39 is 10.8 Å². The molecule has 0 spiro atoms. The van der Waals surface area contributed by atoms with Crippen molar-refractivity contribution in [1.29, 1.82) is 0 Å². The van der Waals surface area contributed by atoms with Crippen molar-refractivity contribution in [2.75, 3.05) is 19.3 Å². The van der Waals surface area contributed by atoms with Crippen LogP contribution >= 0.6 is 0 Å². The molecule has 1 aromatic rings. The SMILES string of the molecule is CC(CNCCc1ccnn1C)S(C)=O. The summed E-state index contributed by atoms with van der Waals surface area (Å²) in [5.41, 5.74) is 1.22. The van der Waals surface area contributed by atoms with Crippen LogP contribution in [0.1, 0.15) is 12.6 Å². The highest BCUT2D eigenvalue weighted by Gasteiger charge is 2.05. The molecule has 15 heavy (non-hydrogen) atoms. The third-order valence-electron chi connectivity index (χ3n) is 2.48. The van der Waals surface area contributed by atoms with E-state index in [1.165, 1.54) is 5.69 Å². The Balaban J connectivity index is 2.17. The van der Waals surface area contributed by atoms with Gasteiger partial charge in [-0.3, -0.25) is 8.89 Å². The Morgan fingerprint density at radius 2 is 2.40 bits per heavy atom. The minimum absolute atomic E-state index is 0.219. The van der Waals surface area contributed by atoms with Gasteiger partial charge in [-0.05, 0) is 13.0 Å². The molecule has 2 unspecified atom stereocenters. The molecule has 0 saturated heterocycles. The molecule has 0 aromatic carbocycles. The summed E-state index contributed by atoms with van der Waals surface area (Å²) in [6.07, 6.45) is 4.51. The van der Waals surface area contributed by atoms with Crippen LogP contribution in [-0.4, -0.2) is 38.6 Å². The zero-order valence-corrected chi connectivity index (χ0v) is 10.4. The van der Waals surface area contributed by atoms with E-state index in [1.807, 2.05) is 24.7 Å². The fourth-order valence-electron chi connectivity index (χ4n) is 1.29. The van der Waals surface area contributed by atoms with Gasteiger partial charge in [0.1, 0.15) is 0 Å². The van der Waals surface area contributed by atoms with Crippen molar-refractivity contribution < 1.29 is 4.21 Å². The molecule has 4 nitrogen and oxygen atoms in total. The summed E-state index contributed by atoms with van der Waals surface area (Å²) >= 11 is 0. The van der Waals surface area contributed by atoms with Gasteiger partial charge < -0.3 is 5.32 Å². The number of nitrogens with zero attached hydrogens (tertiary/aromatic N) is 2. The Morgan fingerprint density at radius 1 is 1.67 bits per heavy atom. The highest BCUT2D eigenvalue weighted by atomic mass is 32.2. The van der Waals surface area contributed by atoms with Crippen LogP contribution in [0.3, 0.4) is 0 Å². The summed E-state index contributed by atoms with van der Waals surface area (Å²) in [5, 5.41) is 7.62. The Bertz CT molecular complexity index is 324. The third kappa shape index (κ3) is 4.13. The van der Waals surface area contributed by atoms with Crippen LogP contribution in [0.4, 0.5) is 0 Å². The smallest absolute Gasteiger partial charge is 0.0492 e. The van der Waals surface area contributed by atoms with Gasteiger partial charge in [-0.25, -0.2) is 0 Å². The molecule has 1 heterocycles. The van der Waals surface area contributed by atoms with Crippen molar-refractivity contribution in [3.8, 4) is 0 Å². The van der Waals surface area contributed by atoms with Gasteiger partial charge in [-0.1, -0.05) is 0 Å². The largest absolute Gasteiger partial charge is 0.315 e. The lowest BCUT2D eigenvalue weighted by Crippen LogP contribution is -2.29. The first-order valence-corrected chi connectivity index (χ1v) is 6.73. The molecule has 0 aliphatic heterocycles. The second-order valence-corrected chi connectivity index (χ2v) is 5.51. The van der Waals surface area contributed by atoms with Gasteiger partial charge >= 0.3 is 0 Å². The minimum atomic E-state index is -0.735. The lowest BCUT2D eigenvalue weighted by atomic mass is 10.3. The molecule has 1 aromatic heterocycles. The van der Waals surface area contributed by atoms with E-state index >= 15 is 0 Å². The summed E-state index contributed by atoms with van der Waals surface area (Å²) in [5.74, 6) is 0. The molecule has 0 aliphatic carbocycles. The first kappa shape index (κ1) is 12.4. The number of aryl methyl sites for hydroxylation is 1. The zero-order chi connectivity index (χ0) is 11.3. The minimum Gasteiger partial charge on any atom is -0.315 e. The monoisotopic (exact) mass is 229 g/mol. The number of nitrogens with one attached hydrogen (secondary N) is 1. The third-order valence-corrected chi connectivity index (χ3v) is 3.78.